The van der Waals surface area contributed by atoms with E-state index in [1.54, 1.807) is 24.7 Å². The first-order chi connectivity index (χ1) is 8.31. The van der Waals surface area contributed by atoms with Gasteiger partial charge >= 0.3 is 0 Å². The van der Waals surface area contributed by atoms with Crippen LogP contribution in [-0.2, 0) is 0 Å². The highest BCUT2D eigenvalue weighted by atomic mass is 32.2. The Balaban J connectivity index is 2.33. The molecule has 0 unspecified atom stereocenters. The van der Waals surface area contributed by atoms with Crippen molar-refractivity contribution in [3.8, 4) is 0 Å². The lowest BCUT2D eigenvalue weighted by Crippen LogP contribution is -2.14. The summed E-state index contributed by atoms with van der Waals surface area (Å²) in [4.78, 5) is 9.00. The van der Waals surface area contributed by atoms with Gasteiger partial charge in [-0.2, -0.15) is 0 Å². The molecular weight excluding hydrogens is 236 g/mol. The minimum atomic E-state index is 0.0805. The zero-order chi connectivity index (χ0) is 12.1. The summed E-state index contributed by atoms with van der Waals surface area (Å²) < 4.78 is 0. The molecule has 0 atom stereocenters. The van der Waals surface area contributed by atoms with Crippen LogP contribution in [0.4, 0.5) is 0 Å². The number of nitrogens with two attached hydrogens (primary N) is 1. The average Bonchev–Trinajstić information content (AvgIpc) is 2.40. The van der Waals surface area contributed by atoms with E-state index in [1.807, 2.05) is 18.2 Å². The highest BCUT2D eigenvalue weighted by Gasteiger charge is 2.08. The number of oxime groups is 1. The molecule has 17 heavy (non-hydrogen) atoms. The summed E-state index contributed by atoms with van der Waals surface area (Å²) in [7, 11) is 0. The van der Waals surface area contributed by atoms with E-state index in [0.29, 0.717) is 5.56 Å². The number of hydrogen-bond acceptors (Lipinski definition) is 5. The van der Waals surface area contributed by atoms with E-state index in [1.165, 1.54) is 11.8 Å². The van der Waals surface area contributed by atoms with Gasteiger partial charge in [0.2, 0.25) is 0 Å². The Kier molecular flexibility index (Phi) is 3.56. The summed E-state index contributed by atoms with van der Waals surface area (Å²) in [5.74, 6) is 0.0805. The van der Waals surface area contributed by atoms with Gasteiger partial charge in [-0.3, -0.25) is 4.98 Å². The maximum Gasteiger partial charge on any atom is 0.171 e. The Morgan fingerprint density at radius 3 is 2.82 bits per heavy atom. The summed E-state index contributed by atoms with van der Waals surface area (Å²) in [6, 6.07) is 7.38. The van der Waals surface area contributed by atoms with Gasteiger partial charge in [-0.15, -0.1) is 0 Å². The molecule has 2 aromatic rings. The zero-order valence-electron chi connectivity index (χ0n) is 8.82. The summed E-state index contributed by atoms with van der Waals surface area (Å²) >= 11 is 1.41. The van der Waals surface area contributed by atoms with Crippen LogP contribution in [0.15, 0.2) is 57.9 Å². The van der Waals surface area contributed by atoms with Gasteiger partial charge in [0.15, 0.2) is 5.84 Å². The maximum atomic E-state index is 8.70. The van der Waals surface area contributed by atoms with Crippen LogP contribution in [0.2, 0.25) is 0 Å². The minimum absolute atomic E-state index is 0.0805. The number of nitrogens with zero attached hydrogens (tertiary/aromatic N) is 3. The van der Waals surface area contributed by atoms with Crippen molar-refractivity contribution in [2.45, 2.75) is 9.92 Å². The molecule has 6 heteroatoms. The molecule has 1 aromatic heterocycles. The molecule has 3 N–H and O–H groups in total. The highest BCUT2D eigenvalue weighted by Crippen LogP contribution is 2.28. The molecule has 1 aromatic carbocycles. The van der Waals surface area contributed by atoms with Crippen LogP contribution in [-0.4, -0.2) is 21.0 Å². The third-order valence-corrected chi connectivity index (χ3v) is 3.02. The van der Waals surface area contributed by atoms with Gasteiger partial charge in [-0.25, -0.2) is 4.98 Å². The van der Waals surface area contributed by atoms with E-state index >= 15 is 0 Å². The van der Waals surface area contributed by atoms with Crippen LogP contribution in [0.3, 0.4) is 0 Å². The molecule has 0 amide bonds. The van der Waals surface area contributed by atoms with Crippen molar-refractivity contribution in [1.82, 2.24) is 9.97 Å². The van der Waals surface area contributed by atoms with Crippen molar-refractivity contribution in [3.05, 3.63) is 48.4 Å². The summed E-state index contributed by atoms with van der Waals surface area (Å²) in [6.45, 7) is 0. The van der Waals surface area contributed by atoms with Crippen molar-refractivity contribution < 1.29 is 5.21 Å². The molecule has 0 aliphatic carbocycles. The second-order valence-corrected chi connectivity index (χ2v) is 4.19. The lowest BCUT2D eigenvalue weighted by molar-refractivity contribution is 0.318. The maximum absolute atomic E-state index is 8.70. The van der Waals surface area contributed by atoms with Gasteiger partial charge in [-0.05, 0) is 6.07 Å². The van der Waals surface area contributed by atoms with E-state index in [2.05, 4.69) is 15.1 Å². The average molecular weight is 246 g/mol. The van der Waals surface area contributed by atoms with E-state index in [0.717, 1.165) is 9.92 Å². The van der Waals surface area contributed by atoms with Crippen molar-refractivity contribution in [3.63, 3.8) is 0 Å². The van der Waals surface area contributed by atoms with Crippen LogP contribution in [0.5, 0.6) is 0 Å². The van der Waals surface area contributed by atoms with E-state index < -0.39 is 0 Å². The Hall–Kier alpha value is -2.08. The van der Waals surface area contributed by atoms with E-state index in [4.69, 9.17) is 10.9 Å². The summed E-state index contributed by atoms with van der Waals surface area (Å²) in [5.41, 5.74) is 6.27. The molecule has 2 rings (SSSR count). The third-order valence-electron chi connectivity index (χ3n) is 2.02. The molecule has 5 nitrogen and oxygen atoms in total. The van der Waals surface area contributed by atoms with Gasteiger partial charge in [0.1, 0.15) is 5.03 Å². The normalized spacial score (nSPS) is 11.4. The van der Waals surface area contributed by atoms with Crippen molar-refractivity contribution in [1.29, 1.82) is 0 Å². The van der Waals surface area contributed by atoms with Crippen LogP contribution >= 0.6 is 11.8 Å². The molecule has 0 aliphatic rings. The molecule has 0 bridgehead atoms. The predicted molar refractivity (Wildman–Crippen MR) is 65.1 cm³/mol. The number of hydrogen-bond donors (Lipinski definition) is 2. The van der Waals surface area contributed by atoms with Crippen LogP contribution in [0, 0.1) is 0 Å². The second-order valence-electron chi connectivity index (χ2n) is 3.13. The number of amidine groups is 1. The van der Waals surface area contributed by atoms with Gasteiger partial charge in [0, 0.05) is 22.9 Å². The Labute approximate surface area is 102 Å². The number of benzene rings is 1. The summed E-state index contributed by atoms with van der Waals surface area (Å²) in [5, 5.41) is 12.5. The van der Waals surface area contributed by atoms with E-state index in [9.17, 15) is 0 Å². The smallest absolute Gasteiger partial charge is 0.171 e. The number of aromatic nitrogens is 2. The standard InChI is InChI=1S/C11H10N4OS/c12-11(15-16)8-3-1-2-4-9(8)17-10-7-13-5-6-14-10/h1-7,16H,(H2,12,15). The molecule has 0 saturated carbocycles. The molecular formula is C11H10N4OS. The van der Waals surface area contributed by atoms with Gasteiger partial charge in [-0.1, -0.05) is 35.1 Å². The largest absolute Gasteiger partial charge is 0.409 e. The van der Waals surface area contributed by atoms with Gasteiger partial charge < -0.3 is 10.9 Å². The molecule has 0 aliphatic heterocycles. The predicted octanol–water partition coefficient (Wildman–Crippen LogP) is 1.72. The molecule has 0 radical (unpaired) electrons. The van der Waals surface area contributed by atoms with Crippen molar-refractivity contribution in [2.75, 3.05) is 0 Å². The first-order valence-electron chi connectivity index (χ1n) is 4.82. The van der Waals surface area contributed by atoms with Gasteiger partial charge in [0.05, 0.1) is 6.20 Å². The van der Waals surface area contributed by atoms with Crippen LogP contribution < -0.4 is 5.73 Å². The quantitative estimate of drug-likeness (QED) is 0.373. The van der Waals surface area contributed by atoms with Crippen molar-refractivity contribution >= 4 is 17.6 Å². The number of rotatable bonds is 3. The van der Waals surface area contributed by atoms with Crippen LogP contribution in [0.25, 0.3) is 0 Å². The summed E-state index contributed by atoms with van der Waals surface area (Å²) in [6.07, 6.45) is 4.89. The molecule has 0 fully saturated rings. The molecule has 86 valence electrons. The Morgan fingerprint density at radius 1 is 1.29 bits per heavy atom. The van der Waals surface area contributed by atoms with Gasteiger partial charge in [0.25, 0.3) is 0 Å². The van der Waals surface area contributed by atoms with Crippen LogP contribution in [0.1, 0.15) is 5.56 Å². The Morgan fingerprint density at radius 2 is 2.12 bits per heavy atom. The fourth-order valence-electron chi connectivity index (χ4n) is 1.27. The molecule has 0 saturated heterocycles. The topological polar surface area (TPSA) is 84.4 Å². The lowest BCUT2D eigenvalue weighted by Gasteiger charge is -2.06. The third kappa shape index (κ3) is 2.73. The minimum Gasteiger partial charge on any atom is -0.409 e. The van der Waals surface area contributed by atoms with Crippen molar-refractivity contribution in [2.24, 2.45) is 10.9 Å². The fraction of sp³-hybridized carbons (Fsp3) is 0. The second kappa shape index (κ2) is 5.31. The first kappa shape index (κ1) is 11.4. The molecule has 0 spiro atoms. The first-order valence-corrected chi connectivity index (χ1v) is 5.63. The lowest BCUT2D eigenvalue weighted by atomic mass is 10.2. The zero-order valence-corrected chi connectivity index (χ0v) is 9.63. The SMILES string of the molecule is NC(=NO)c1ccccc1Sc1cnccn1. The fourth-order valence-corrected chi connectivity index (χ4v) is 2.15. The molecule has 1 heterocycles. The van der Waals surface area contributed by atoms with E-state index in [-0.39, 0.29) is 5.84 Å². The Bertz CT molecular complexity index is 530. The highest BCUT2D eigenvalue weighted by molar-refractivity contribution is 7.99. The monoisotopic (exact) mass is 246 g/mol.